The van der Waals surface area contributed by atoms with Crippen LogP contribution in [0, 0.1) is 12.7 Å². The number of pyridine rings is 1. The van der Waals surface area contributed by atoms with Crippen LogP contribution in [0.4, 0.5) is 20.3 Å². The third kappa shape index (κ3) is 5.56. The molecule has 1 saturated carbocycles. The van der Waals surface area contributed by atoms with E-state index in [9.17, 15) is 23.2 Å². The van der Waals surface area contributed by atoms with E-state index in [1.807, 2.05) is 6.92 Å². The molecule has 1 aromatic heterocycles. The van der Waals surface area contributed by atoms with Gasteiger partial charge in [0, 0.05) is 47.8 Å². The highest BCUT2D eigenvalue weighted by atomic mass is 35.5. The molecule has 2 atom stereocenters. The standard InChI is InChI=1S/C30H29ClF2N4O3/c1-18-10-12-25(34-17-18)37-24(11-13-26(37)38)29(40)36(21-7-5-6-19(32)14-21)27(22-8-3-4-9-23(22)31)28(39)35-20-15-30(2,33)16-20/h3-10,12,14,17,20,24,27H,11,13,15-16H2,1-2H3,(H,35,39)/t20?,24-,27-,30?/m0/s1. The molecule has 10 heteroatoms. The number of amides is 3. The third-order valence-electron chi connectivity index (χ3n) is 7.36. The second-order valence-electron chi connectivity index (χ2n) is 10.7. The van der Waals surface area contributed by atoms with Crippen LogP contribution >= 0.6 is 11.6 Å². The summed E-state index contributed by atoms with van der Waals surface area (Å²) < 4.78 is 28.8. The van der Waals surface area contributed by atoms with Crippen LogP contribution in [0.1, 0.15) is 49.8 Å². The number of anilines is 2. The Kier molecular flexibility index (Phi) is 7.59. The second-order valence-corrected chi connectivity index (χ2v) is 11.1. The fourth-order valence-electron chi connectivity index (χ4n) is 5.44. The summed E-state index contributed by atoms with van der Waals surface area (Å²) in [5, 5.41) is 3.07. The number of benzene rings is 2. The lowest BCUT2D eigenvalue weighted by Crippen LogP contribution is -2.56. The summed E-state index contributed by atoms with van der Waals surface area (Å²) in [6.07, 6.45) is 2.14. The highest BCUT2D eigenvalue weighted by molar-refractivity contribution is 6.31. The molecule has 0 radical (unpaired) electrons. The predicted molar refractivity (Wildman–Crippen MR) is 148 cm³/mol. The van der Waals surface area contributed by atoms with E-state index < -0.39 is 41.4 Å². The summed E-state index contributed by atoms with van der Waals surface area (Å²) in [5.41, 5.74) is -0.0756. The first-order valence-corrected chi connectivity index (χ1v) is 13.5. The average Bonchev–Trinajstić information content (AvgIpc) is 3.28. The van der Waals surface area contributed by atoms with Gasteiger partial charge in [-0.2, -0.15) is 0 Å². The summed E-state index contributed by atoms with van der Waals surface area (Å²) in [6, 6.07) is 12.6. The highest BCUT2D eigenvalue weighted by Gasteiger charge is 2.46. The molecule has 0 unspecified atom stereocenters. The van der Waals surface area contributed by atoms with Gasteiger partial charge in [-0.05, 0) is 56.2 Å². The van der Waals surface area contributed by atoms with Crippen molar-refractivity contribution in [1.29, 1.82) is 0 Å². The lowest BCUT2D eigenvalue weighted by atomic mass is 9.78. The molecule has 7 nitrogen and oxygen atoms in total. The van der Waals surface area contributed by atoms with E-state index in [4.69, 9.17) is 11.6 Å². The van der Waals surface area contributed by atoms with Gasteiger partial charge in [-0.1, -0.05) is 41.9 Å². The van der Waals surface area contributed by atoms with E-state index in [1.165, 1.54) is 34.9 Å². The number of halogens is 3. The third-order valence-corrected chi connectivity index (χ3v) is 7.70. The van der Waals surface area contributed by atoms with Gasteiger partial charge in [0.2, 0.25) is 11.8 Å². The lowest BCUT2D eigenvalue weighted by Gasteiger charge is -2.41. The van der Waals surface area contributed by atoms with Crippen molar-refractivity contribution in [2.75, 3.05) is 9.80 Å². The Morgan fingerprint density at radius 2 is 1.90 bits per heavy atom. The zero-order valence-electron chi connectivity index (χ0n) is 22.1. The molecule has 1 N–H and O–H groups in total. The molecule has 208 valence electrons. The number of hydrogen-bond acceptors (Lipinski definition) is 4. The van der Waals surface area contributed by atoms with Gasteiger partial charge in [-0.25, -0.2) is 13.8 Å². The average molecular weight is 567 g/mol. The monoisotopic (exact) mass is 566 g/mol. The number of carbonyl (C=O) groups is 3. The Hall–Kier alpha value is -3.85. The largest absolute Gasteiger partial charge is 0.351 e. The van der Waals surface area contributed by atoms with Crippen molar-refractivity contribution >= 4 is 40.8 Å². The van der Waals surface area contributed by atoms with Crippen molar-refractivity contribution in [3.63, 3.8) is 0 Å². The maximum absolute atomic E-state index is 14.5. The molecule has 2 aliphatic rings. The number of carbonyl (C=O) groups excluding carboxylic acids is 3. The Bertz CT molecular complexity index is 1440. The summed E-state index contributed by atoms with van der Waals surface area (Å²) >= 11 is 6.56. The van der Waals surface area contributed by atoms with Crippen molar-refractivity contribution in [3.05, 3.63) is 88.8 Å². The van der Waals surface area contributed by atoms with E-state index in [-0.39, 0.29) is 42.3 Å². The van der Waals surface area contributed by atoms with Gasteiger partial charge in [-0.3, -0.25) is 24.2 Å². The Morgan fingerprint density at radius 3 is 2.55 bits per heavy atom. The van der Waals surface area contributed by atoms with Crippen molar-refractivity contribution in [2.24, 2.45) is 0 Å². The van der Waals surface area contributed by atoms with E-state index in [2.05, 4.69) is 10.3 Å². The molecule has 2 fully saturated rings. The molecule has 0 spiro atoms. The quantitative estimate of drug-likeness (QED) is 0.412. The van der Waals surface area contributed by atoms with E-state index in [0.29, 0.717) is 11.4 Å². The topological polar surface area (TPSA) is 82.6 Å². The van der Waals surface area contributed by atoms with E-state index in [1.54, 1.807) is 42.6 Å². The maximum atomic E-state index is 14.5. The fraction of sp³-hybridized carbons (Fsp3) is 0.333. The number of nitrogens with zero attached hydrogens (tertiary/aromatic N) is 3. The summed E-state index contributed by atoms with van der Waals surface area (Å²) in [5.74, 6) is -1.77. The molecule has 3 aromatic rings. The van der Waals surface area contributed by atoms with Gasteiger partial charge in [-0.15, -0.1) is 0 Å². The number of aryl methyl sites for hydroxylation is 1. The molecular weight excluding hydrogens is 538 g/mol. The van der Waals surface area contributed by atoms with Gasteiger partial charge in [0.15, 0.2) is 0 Å². The number of hydrogen-bond donors (Lipinski definition) is 1. The number of alkyl halides is 1. The molecule has 1 aliphatic carbocycles. The van der Waals surface area contributed by atoms with Crippen LogP contribution in [0.3, 0.4) is 0 Å². The summed E-state index contributed by atoms with van der Waals surface area (Å²) in [7, 11) is 0. The molecule has 1 saturated heterocycles. The number of rotatable bonds is 7. The first kappa shape index (κ1) is 27.7. The zero-order chi connectivity index (χ0) is 28.6. The highest BCUT2D eigenvalue weighted by Crippen LogP contribution is 2.39. The van der Waals surface area contributed by atoms with E-state index in [0.717, 1.165) is 11.6 Å². The zero-order valence-corrected chi connectivity index (χ0v) is 22.9. The fourth-order valence-corrected chi connectivity index (χ4v) is 5.68. The Morgan fingerprint density at radius 1 is 1.15 bits per heavy atom. The van der Waals surface area contributed by atoms with Gasteiger partial charge in [0.25, 0.3) is 5.91 Å². The lowest BCUT2D eigenvalue weighted by molar-refractivity contribution is -0.128. The minimum Gasteiger partial charge on any atom is -0.351 e. The normalized spacial score (nSPS) is 22.9. The minimum absolute atomic E-state index is 0.100. The maximum Gasteiger partial charge on any atom is 0.251 e. The van der Waals surface area contributed by atoms with Gasteiger partial charge in [0.05, 0.1) is 0 Å². The minimum atomic E-state index is -1.39. The van der Waals surface area contributed by atoms with Crippen LogP contribution in [0.25, 0.3) is 0 Å². The second kappa shape index (κ2) is 11.0. The van der Waals surface area contributed by atoms with Crippen LogP contribution in [0.5, 0.6) is 0 Å². The predicted octanol–water partition coefficient (Wildman–Crippen LogP) is 5.46. The Balaban J connectivity index is 1.60. The van der Waals surface area contributed by atoms with Crippen LogP contribution in [0.15, 0.2) is 66.9 Å². The molecule has 5 rings (SSSR count). The SMILES string of the molecule is Cc1ccc(N2C(=O)CC[C@H]2C(=O)N(c2cccc(F)c2)[C@H](C(=O)NC2CC(C)(F)C2)c2ccccc2Cl)nc1. The number of aromatic nitrogens is 1. The molecule has 0 bridgehead atoms. The summed E-state index contributed by atoms with van der Waals surface area (Å²) in [4.78, 5) is 48.2. The molecule has 2 aromatic carbocycles. The van der Waals surface area contributed by atoms with Crippen molar-refractivity contribution in [2.45, 2.75) is 63.3 Å². The van der Waals surface area contributed by atoms with Gasteiger partial charge >= 0.3 is 0 Å². The van der Waals surface area contributed by atoms with Crippen molar-refractivity contribution in [1.82, 2.24) is 10.3 Å². The first-order valence-electron chi connectivity index (χ1n) is 13.1. The summed E-state index contributed by atoms with van der Waals surface area (Å²) in [6.45, 7) is 3.33. The van der Waals surface area contributed by atoms with Gasteiger partial charge < -0.3 is 5.32 Å². The van der Waals surface area contributed by atoms with Crippen LogP contribution < -0.4 is 15.1 Å². The van der Waals surface area contributed by atoms with Crippen LogP contribution in [-0.2, 0) is 14.4 Å². The molecule has 2 heterocycles. The van der Waals surface area contributed by atoms with E-state index >= 15 is 0 Å². The van der Waals surface area contributed by atoms with Crippen LogP contribution in [0.2, 0.25) is 5.02 Å². The molecule has 1 aliphatic heterocycles. The first-order chi connectivity index (χ1) is 19.0. The smallest absolute Gasteiger partial charge is 0.251 e. The van der Waals surface area contributed by atoms with Crippen LogP contribution in [-0.4, -0.2) is 40.5 Å². The molecule has 3 amide bonds. The molecule has 40 heavy (non-hydrogen) atoms. The van der Waals surface area contributed by atoms with Crippen molar-refractivity contribution in [3.8, 4) is 0 Å². The molecular formula is C30H29ClF2N4O3. The van der Waals surface area contributed by atoms with Gasteiger partial charge in [0.1, 0.15) is 29.4 Å². The van der Waals surface area contributed by atoms with Crippen molar-refractivity contribution < 1.29 is 23.2 Å². The number of nitrogens with one attached hydrogen (secondary N) is 1. The Labute approximate surface area is 236 Å².